The third-order valence-corrected chi connectivity index (χ3v) is 6.10. The molecule has 1 aromatic carbocycles. The van der Waals surface area contributed by atoms with Gasteiger partial charge in [-0.3, -0.25) is 14.8 Å². The molecule has 3 N–H and O–H groups in total. The highest BCUT2D eigenvalue weighted by atomic mass is 32.2. The first-order valence-electron chi connectivity index (χ1n) is 9.01. The zero-order chi connectivity index (χ0) is 20.1. The maximum atomic E-state index is 14.3. The number of nitrogens with two attached hydrogens (primary N) is 1. The number of hydrogen-bond donors (Lipinski definition) is 2. The second kappa shape index (κ2) is 8.68. The van der Waals surface area contributed by atoms with Crippen LogP contribution in [0.5, 0.6) is 0 Å². The van der Waals surface area contributed by atoms with Crippen LogP contribution in [0.4, 0.5) is 14.5 Å². The fraction of sp³-hybridized carbons (Fsp3) is 0.350. The van der Waals surface area contributed by atoms with Gasteiger partial charge in [-0.05, 0) is 49.1 Å². The molecule has 2 unspecified atom stereocenters. The number of benzene rings is 1. The summed E-state index contributed by atoms with van der Waals surface area (Å²) >= 11 is 1.59. The van der Waals surface area contributed by atoms with Crippen LogP contribution in [0, 0.1) is 17.6 Å². The van der Waals surface area contributed by atoms with Gasteiger partial charge in [0.25, 0.3) is 0 Å². The Morgan fingerprint density at radius 1 is 1.32 bits per heavy atom. The standard InChI is InChI=1S/C14H18FN3S.C6H4FNO/c1-17-10-4-5-12(15)11(7-10)14-6-2-3-9(14)8-19-13(16)18-14;7-5-2-1-3-8-6(5)4-9/h4-5,7,9,17H,2-3,6,8H2,1H3,(H2,16,18);1-4H. The van der Waals surface area contributed by atoms with Crippen LogP contribution >= 0.6 is 11.8 Å². The van der Waals surface area contributed by atoms with Gasteiger partial charge in [-0.2, -0.15) is 0 Å². The molecule has 1 fully saturated rings. The molecule has 0 bridgehead atoms. The van der Waals surface area contributed by atoms with Gasteiger partial charge in [0.15, 0.2) is 17.3 Å². The number of carbonyl (C=O) groups is 1. The summed E-state index contributed by atoms with van der Waals surface area (Å²) in [6.45, 7) is 0. The summed E-state index contributed by atoms with van der Waals surface area (Å²) < 4.78 is 26.6. The Bertz CT molecular complexity index is 892. The summed E-state index contributed by atoms with van der Waals surface area (Å²) in [4.78, 5) is 18.1. The number of rotatable bonds is 3. The van der Waals surface area contributed by atoms with Crippen molar-refractivity contribution in [2.75, 3.05) is 18.1 Å². The first-order chi connectivity index (χ1) is 13.5. The summed E-state index contributed by atoms with van der Waals surface area (Å²) in [5.41, 5.74) is 6.95. The molecule has 0 amide bonds. The van der Waals surface area contributed by atoms with Crippen molar-refractivity contribution in [1.82, 2.24) is 4.98 Å². The third kappa shape index (κ3) is 4.01. The Balaban J connectivity index is 0.000000211. The minimum atomic E-state index is -0.576. The van der Waals surface area contributed by atoms with Crippen molar-refractivity contribution in [1.29, 1.82) is 0 Å². The van der Waals surface area contributed by atoms with E-state index in [2.05, 4.69) is 15.3 Å². The number of halogens is 2. The van der Waals surface area contributed by atoms with Gasteiger partial charge in [0.1, 0.15) is 11.5 Å². The van der Waals surface area contributed by atoms with Crippen LogP contribution in [-0.2, 0) is 5.54 Å². The average molecular weight is 404 g/mol. The lowest BCUT2D eigenvalue weighted by Gasteiger charge is -2.36. The van der Waals surface area contributed by atoms with Crippen molar-refractivity contribution in [2.45, 2.75) is 24.8 Å². The average Bonchev–Trinajstić information content (AvgIpc) is 3.13. The number of nitrogens with zero attached hydrogens (tertiary/aromatic N) is 2. The van der Waals surface area contributed by atoms with Crippen molar-refractivity contribution < 1.29 is 13.6 Å². The van der Waals surface area contributed by atoms with Gasteiger partial charge >= 0.3 is 0 Å². The third-order valence-electron chi connectivity index (χ3n) is 5.15. The molecule has 5 nitrogen and oxygen atoms in total. The number of amidine groups is 1. The number of aromatic nitrogens is 1. The Kier molecular flexibility index (Phi) is 6.28. The van der Waals surface area contributed by atoms with Crippen LogP contribution in [0.3, 0.4) is 0 Å². The topological polar surface area (TPSA) is 80.4 Å². The van der Waals surface area contributed by atoms with Crippen molar-refractivity contribution >= 4 is 28.9 Å². The number of hydrogen-bond acceptors (Lipinski definition) is 6. The molecular weight excluding hydrogens is 382 g/mol. The van der Waals surface area contributed by atoms with Crippen LogP contribution in [0.25, 0.3) is 0 Å². The molecule has 2 aromatic rings. The lowest BCUT2D eigenvalue weighted by molar-refractivity contribution is 0.111. The van der Waals surface area contributed by atoms with Gasteiger partial charge in [0.2, 0.25) is 0 Å². The fourth-order valence-electron chi connectivity index (χ4n) is 3.76. The molecule has 8 heteroatoms. The van der Waals surface area contributed by atoms with Gasteiger partial charge in [-0.1, -0.05) is 18.2 Å². The van der Waals surface area contributed by atoms with E-state index in [4.69, 9.17) is 5.73 Å². The Hall–Kier alpha value is -2.48. The molecule has 0 spiro atoms. The van der Waals surface area contributed by atoms with Crippen LogP contribution in [0.1, 0.15) is 35.3 Å². The quantitative estimate of drug-likeness (QED) is 0.757. The van der Waals surface area contributed by atoms with E-state index in [9.17, 15) is 13.6 Å². The molecular formula is C20H22F2N4OS. The number of anilines is 1. The predicted octanol–water partition coefficient (Wildman–Crippen LogP) is 3.96. The maximum absolute atomic E-state index is 14.3. The van der Waals surface area contributed by atoms with Crippen LogP contribution in [0.15, 0.2) is 41.5 Å². The molecule has 2 atom stereocenters. The van der Waals surface area contributed by atoms with Crippen molar-refractivity contribution in [3.05, 3.63) is 59.4 Å². The Morgan fingerprint density at radius 2 is 2.14 bits per heavy atom. The smallest absolute Gasteiger partial charge is 0.171 e. The normalized spacial score (nSPS) is 23.1. The van der Waals surface area contributed by atoms with Crippen molar-refractivity contribution in [3.63, 3.8) is 0 Å². The van der Waals surface area contributed by atoms with E-state index in [0.717, 1.165) is 30.7 Å². The summed E-state index contributed by atoms with van der Waals surface area (Å²) in [5, 5.41) is 3.66. The van der Waals surface area contributed by atoms with E-state index < -0.39 is 11.4 Å². The molecule has 4 rings (SSSR count). The minimum absolute atomic E-state index is 0.141. The summed E-state index contributed by atoms with van der Waals surface area (Å²) in [6.07, 6.45) is 4.84. The fourth-order valence-corrected chi connectivity index (χ4v) is 4.80. The Morgan fingerprint density at radius 3 is 2.82 bits per heavy atom. The van der Waals surface area contributed by atoms with Gasteiger partial charge in [0, 0.05) is 30.2 Å². The molecule has 0 saturated heterocycles. The number of pyridine rings is 1. The number of aldehydes is 1. The highest BCUT2D eigenvalue weighted by Crippen LogP contribution is 2.51. The highest BCUT2D eigenvalue weighted by Gasteiger charge is 2.47. The van der Waals surface area contributed by atoms with Crippen molar-refractivity contribution in [2.24, 2.45) is 16.6 Å². The number of nitrogens with one attached hydrogen (secondary N) is 1. The monoisotopic (exact) mass is 404 g/mol. The first-order valence-corrected chi connectivity index (χ1v) is 10.0. The molecule has 1 aliphatic carbocycles. The molecule has 1 aliphatic heterocycles. The predicted molar refractivity (Wildman–Crippen MR) is 109 cm³/mol. The van der Waals surface area contributed by atoms with Gasteiger partial charge in [-0.15, -0.1) is 0 Å². The van der Waals surface area contributed by atoms with Gasteiger partial charge < -0.3 is 11.1 Å². The van der Waals surface area contributed by atoms with E-state index in [1.54, 1.807) is 17.8 Å². The zero-order valence-electron chi connectivity index (χ0n) is 15.5. The van der Waals surface area contributed by atoms with Crippen LogP contribution < -0.4 is 11.1 Å². The zero-order valence-corrected chi connectivity index (χ0v) is 16.3. The van der Waals surface area contributed by atoms with E-state index in [-0.39, 0.29) is 11.5 Å². The molecule has 0 radical (unpaired) electrons. The molecule has 28 heavy (non-hydrogen) atoms. The lowest BCUT2D eigenvalue weighted by atomic mass is 9.81. The largest absolute Gasteiger partial charge is 0.388 e. The number of fused-ring (bicyclic) bond motifs is 1. The van der Waals surface area contributed by atoms with Gasteiger partial charge in [-0.25, -0.2) is 8.78 Å². The number of thioether (sulfide) groups is 1. The molecule has 148 valence electrons. The Labute approximate surface area is 166 Å². The first kappa shape index (κ1) is 20.3. The van der Waals surface area contributed by atoms with E-state index in [1.807, 2.05) is 13.1 Å². The summed E-state index contributed by atoms with van der Waals surface area (Å²) in [6, 6.07) is 7.79. The second-order valence-corrected chi connectivity index (χ2v) is 7.75. The molecule has 2 aliphatic rings. The van der Waals surface area contributed by atoms with E-state index >= 15 is 0 Å². The van der Waals surface area contributed by atoms with Crippen LogP contribution in [0.2, 0.25) is 0 Å². The van der Waals surface area contributed by atoms with Crippen LogP contribution in [-0.4, -0.2) is 29.2 Å². The number of carbonyl (C=O) groups excluding carboxylic acids is 1. The second-order valence-electron chi connectivity index (χ2n) is 6.71. The summed E-state index contributed by atoms with van der Waals surface area (Å²) in [5.74, 6) is 0.590. The molecule has 1 saturated carbocycles. The highest BCUT2D eigenvalue weighted by molar-refractivity contribution is 8.13. The van der Waals surface area contributed by atoms with E-state index in [1.165, 1.54) is 24.4 Å². The summed E-state index contributed by atoms with van der Waals surface area (Å²) in [7, 11) is 1.84. The minimum Gasteiger partial charge on any atom is -0.388 e. The van der Waals surface area contributed by atoms with E-state index in [0.29, 0.717) is 22.9 Å². The lowest BCUT2D eigenvalue weighted by Crippen LogP contribution is -2.37. The number of aliphatic imine (C=N–C) groups is 1. The van der Waals surface area contributed by atoms with Crippen molar-refractivity contribution in [3.8, 4) is 0 Å². The molecule has 2 heterocycles. The van der Waals surface area contributed by atoms with Gasteiger partial charge in [0.05, 0.1) is 5.54 Å². The molecule has 1 aromatic heterocycles. The SMILES string of the molecule is CNc1ccc(F)c(C23CCCC2CSC(N)=N3)c1.O=Cc1ncccc1F. The maximum Gasteiger partial charge on any atom is 0.171 e.